The molecule has 1 aliphatic rings. The second-order valence-electron chi connectivity index (χ2n) is 6.31. The molecule has 0 spiro atoms. The summed E-state index contributed by atoms with van der Waals surface area (Å²) in [6.45, 7) is 5.78. The van der Waals surface area contributed by atoms with Gasteiger partial charge in [-0.1, -0.05) is 13.8 Å². The number of nitrogens with one attached hydrogen (secondary N) is 2. The van der Waals surface area contributed by atoms with E-state index in [0.29, 0.717) is 16.8 Å². The van der Waals surface area contributed by atoms with E-state index in [0.717, 1.165) is 11.1 Å². The van der Waals surface area contributed by atoms with E-state index in [1.54, 1.807) is 19.2 Å². The van der Waals surface area contributed by atoms with E-state index in [2.05, 4.69) is 10.6 Å². The average molecular weight is 347 g/mol. The van der Waals surface area contributed by atoms with Crippen molar-refractivity contribution in [2.45, 2.75) is 33.4 Å². The third kappa shape index (κ3) is 4.07. The Bertz CT molecular complexity index is 712. The Balaban J connectivity index is 2.55. The van der Waals surface area contributed by atoms with E-state index in [-0.39, 0.29) is 11.7 Å². The van der Waals surface area contributed by atoms with Gasteiger partial charge in [-0.15, -0.1) is 0 Å². The first-order valence-corrected chi connectivity index (χ1v) is 8.06. The Hall–Kier alpha value is -2.22. The number of carbonyl (C=O) groups excluding carboxylic acids is 2. The van der Waals surface area contributed by atoms with E-state index >= 15 is 0 Å². The van der Waals surface area contributed by atoms with Crippen LogP contribution in [0.2, 0.25) is 0 Å². The number of hydrogen-bond donors (Lipinski definition) is 3. The average Bonchev–Trinajstić information content (AvgIpc) is 2.58. The van der Waals surface area contributed by atoms with Gasteiger partial charge in [0.05, 0.1) is 5.70 Å². The number of hydrogen-bond acceptors (Lipinski definition) is 6. The van der Waals surface area contributed by atoms with Crippen LogP contribution in [0.5, 0.6) is 0 Å². The summed E-state index contributed by atoms with van der Waals surface area (Å²) in [4.78, 5) is 24.7. The van der Waals surface area contributed by atoms with Crippen LogP contribution in [0.15, 0.2) is 29.5 Å². The number of ketones is 1. The molecule has 0 fully saturated rings. The van der Waals surface area contributed by atoms with Gasteiger partial charge < -0.3 is 20.5 Å². The zero-order valence-electron chi connectivity index (χ0n) is 15.2. The number of methoxy groups -OCH3 is 2. The normalized spacial score (nSPS) is 20.6. The lowest BCUT2D eigenvalue weighted by Gasteiger charge is -2.36. The lowest BCUT2D eigenvalue weighted by molar-refractivity contribution is -0.0207. The fourth-order valence-electron chi connectivity index (χ4n) is 2.93. The van der Waals surface area contributed by atoms with Gasteiger partial charge in [0.1, 0.15) is 6.23 Å². The number of nitrogens with two attached hydrogens (primary N) is 1. The van der Waals surface area contributed by atoms with Gasteiger partial charge in [0.15, 0.2) is 6.35 Å². The SMILES string of the molecule is COC1NC(C(=O)c2cc(C)cc(C(N)=O)c2)=C(C(C)C)C(OC)N1. The van der Waals surface area contributed by atoms with Crippen LogP contribution in [-0.2, 0) is 9.47 Å². The Kier molecular flexibility index (Phi) is 5.94. The number of allylic oxidation sites excluding steroid dienone is 1. The van der Waals surface area contributed by atoms with Crippen molar-refractivity contribution < 1.29 is 19.1 Å². The van der Waals surface area contributed by atoms with Crippen LogP contribution >= 0.6 is 0 Å². The number of amides is 1. The zero-order valence-corrected chi connectivity index (χ0v) is 15.2. The highest BCUT2D eigenvalue weighted by Gasteiger charge is 2.33. The predicted octanol–water partition coefficient (Wildman–Crippen LogP) is 1.28. The molecule has 0 radical (unpaired) electrons. The molecular formula is C18H25N3O4. The van der Waals surface area contributed by atoms with E-state index in [1.165, 1.54) is 13.2 Å². The monoisotopic (exact) mass is 347 g/mol. The van der Waals surface area contributed by atoms with Crippen molar-refractivity contribution in [1.29, 1.82) is 0 Å². The minimum Gasteiger partial charge on any atom is -0.366 e. The van der Waals surface area contributed by atoms with Crippen molar-refractivity contribution in [3.05, 3.63) is 46.2 Å². The van der Waals surface area contributed by atoms with Gasteiger partial charge >= 0.3 is 0 Å². The molecule has 1 aromatic carbocycles. The molecule has 0 saturated heterocycles. The lowest BCUT2D eigenvalue weighted by Crippen LogP contribution is -2.56. The third-order valence-corrected chi connectivity index (χ3v) is 4.09. The second-order valence-corrected chi connectivity index (χ2v) is 6.31. The minimum absolute atomic E-state index is 0.0575. The molecule has 0 aromatic heterocycles. The van der Waals surface area contributed by atoms with Crippen LogP contribution in [0.1, 0.15) is 40.1 Å². The van der Waals surface area contributed by atoms with Gasteiger partial charge in [-0.25, -0.2) is 5.32 Å². The van der Waals surface area contributed by atoms with Gasteiger partial charge in [0.2, 0.25) is 11.7 Å². The highest BCUT2D eigenvalue weighted by Crippen LogP contribution is 2.25. The topological polar surface area (TPSA) is 103 Å². The zero-order chi connectivity index (χ0) is 18.7. The number of rotatable bonds is 6. The molecular weight excluding hydrogens is 322 g/mol. The molecule has 0 aliphatic carbocycles. The highest BCUT2D eigenvalue weighted by atomic mass is 16.5. The summed E-state index contributed by atoms with van der Waals surface area (Å²) >= 11 is 0. The second kappa shape index (κ2) is 7.77. The molecule has 4 N–H and O–H groups in total. The maximum Gasteiger partial charge on any atom is 0.248 e. The van der Waals surface area contributed by atoms with Gasteiger partial charge in [0, 0.05) is 30.9 Å². The maximum absolute atomic E-state index is 13.2. The first kappa shape index (κ1) is 19.1. The summed E-state index contributed by atoms with van der Waals surface area (Å²) < 4.78 is 10.8. The van der Waals surface area contributed by atoms with E-state index in [9.17, 15) is 9.59 Å². The van der Waals surface area contributed by atoms with Crippen molar-refractivity contribution in [2.24, 2.45) is 11.7 Å². The van der Waals surface area contributed by atoms with Gasteiger partial charge in [0.25, 0.3) is 0 Å². The van der Waals surface area contributed by atoms with Crippen LogP contribution in [0, 0.1) is 12.8 Å². The van der Waals surface area contributed by atoms with E-state index in [1.807, 2.05) is 20.8 Å². The Morgan fingerprint density at radius 2 is 1.76 bits per heavy atom. The van der Waals surface area contributed by atoms with Crippen molar-refractivity contribution >= 4 is 11.7 Å². The lowest BCUT2D eigenvalue weighted by atomic mass is 9.92. The van der Waals surface area contributed by atoms with Crippen LogP contribution < -0.4 is 16.4 Å². The summed E-state index contributed by atoms with van der Waals surface area (Å²) in [6.07, 6.45) is -1.02. The molecule has 2 atom stereocenters. The minimum atomic E-state index is -0.571. The smallest absolute Gasteiger partial charge is 0.248 e. The van der Waals surface area contributed by atoms with Crippen LogP contribution in [0.25, 0.3) is 0 Å². The summed E-state index contributed by atoms with van der Waals surface area (Å²) in [5.41, 5.74) is 8.05. The van der Waals surface area contributed by atoms with Gasteiger partial charge in [-0.3, -0.25) is 9.59 Å². The molecule has 2 rings (SSSR count). The number of ether oxygens (including phenoxy) is 2. The summed E-state index contributed by atoms with van der Waals surface area (Å²) in [6, 6.07) is 4.89. The van der Waals surface area contributed by atoms with Crippen LogP contribution in [0.4, 0.5) is 0 Å². The van der Waals surface area contributed by atoms with Crippen molar-refractivity contribution in [3.63, 3.8) is 0 Å². The Labute approximate surface area is 147 Å². The molecule has 1 aromatic rings. The molecule has 1 heterocycles. The molecule has 1 amide bonds. The molecule has 2 unspecified atom stereocenters. The van der Waals surface area contributed by atoms with Crippen molar-refractivity contribution in [2.75, 3.05) is 14.2 Å². The fraction of sp³-hybridized carbons (Fsp3) is 0.444. The van der Waals surface area contributed by atoms with Crippen LogP contribution in [0.3, 0.4) is 0 Å². The number of benzene rings is 1. The molecule has 25 heavy (non-hydrogen) atoms. The molecule has 0 saturated carbocycles. The predicted molar refractivity (Wildman–Crippen MR) is 93.8 cm³/mol. The number of aryl methyl sites for hydroxylation is 1. The van der Waals surface area contributed by atoms with E-state index in [4.69, 9.17) is 15.2 Å². The van der Waals surface area contributed by atoms with Gasteiger partial charge in [-0.05, 0) is 36.6 Å². The summed E-state index contributed by atoms with van der Waals surface area (Å²) in [5, 5.41) is 6.19. The first-order chi connectivity index (χ1) is 11.8. The quantitative estimate of drug-likeness (QED) is 0.670. The number of carbonyl (C=O) groups is 2. The Morgan fingerprint density at radius 1 is 1.12 bits per heavy atom. The van der Waals surface area contributed by atoms with Crippen molar-refractivity contribution in [1.82, 2.24) is 10.6 Å². The molecule has 1 aliphatic heterocycles. The number of primary amides is 1. The third-order valence-electron chi connectivity index (χ3n) is 4.09. The number of Topliss-reactive ketones (excluding diaryl/α,β-unsaturated/α-hetero) is 1. The largest absolute Gasteiger partial charge is 0.366 e. The van der Waals surface area contributed by atoms with Crippen LogP contribution in [-0.4, -0.2) is 38.5 Å². The highest BCUT2D eigenvalue weighted by molar-refractivity contribution is 6.10. The summed E-state index contributed by atoms with van der Waals surface area (Å²) in [7, 11) is 3.09. The maximum atomic E-state index is 13.2. The molecule has 136 valence electrons. The Morgan fingerprint density at radius 3 is 2.28 bits per heavy atom. The molecule has 7 heteroatoms. The van der Waals surface area contributed by atoms with E-state index < -0.39 is 18.5 Å². The fourth-order valence-corrected chi connectivity index (χ4v) is 2.93. The first-order valence-electron chi connectivity index (χ1n) is 8.06. The van der Waals surface area contributed by atoms with Gasteiger partial charge in [-0.2, -0.15) is 0 Å². The standard InChI is InChI=1S/C18H25N3O4/c1-9(2)13-14(20-18(25-5)21-17(13)24-4)15(22)11-6-10(3)7-12(8-11)16(19)23/h6-9,17-18,20-21H,1-5H3,(H2,19,23). The van der Waals surface area contributed by atoms with Crippen molar-refractivity contribution in [3.8, 4) is 0 Å². The molecule has 7 nitrogen and oxygen atoms in total. The molecule has 0 bridgehead atoms. The summed E-state index contributed by atoms with van der Waals surface area (Å²) in [5.74, 6) is -0.749.